The monoisotopic (exact) mass is 212 g/mol. The third kappa shape index (κ3) is 5.07. The van der Waals surface area contributed by atoms with Crippen LogP contribution in [0.25, 0.3) is 0 Å². The molecule has 0 aliphatic rings. The molecule has 0 saturated carbocycles. The van der Waals surface area contributed by atoms with E-state index in [4.69, 9.17) is 9.15 Å². The summed E-state index contributed by atoms with van der Waals surface area (Å²) in [6.45, 7) is 1.64. The first-order valence-corrected chi connectivity index (χ1v) is 4.84. The van der Waals surface area contributed by atoms with Crippen molar-refractivity contribution in [3.05, 3.63) is 24.2 Å². The highest BCUT2D eigenvalue weighted by atomic mass is 16.5. The highest BCUT2D eigenvalue weighted by molar-refractivity contribution is 5.73. The van der Waals surface area contributed by atoms with E-state index in [0.29, 0.717) is 19.7 Å². The number of furan rings is 1. The number of carbonyl (C=O) groups excluding carboxylic acids is 1. The van der Waals surface area contributed by atoms with Gasteiger partial charge in [0.15, 0.2) is 0 Å². The maximum absolute atomic E-state index is 11.1. The van der Waals surface area contributed by atoms with Crippen molar-refractivity contribution in [3.63, 3.8) is 0 Å². The van der Waals surface area contributed by atoms with E-state index in [1.165, 1.54) is 0 Å². The van der Waals surface area contributed by atoms with Crippen LogP contribution >= 0.6 is 0 Å². The van der Waals surface area contributed by atoms with Gasteiger partial charge >= 0.3 is 6.03 Å². The molecular weight excluding hydrogens is 196 g/mol. The van der Waals surface area contributed by atoms with Crippen molar-refractivity contribution in [3.8, 4) is 0 Å². The number of methoxy groups -OCH3 is 1. The summed E-state index contributed by atoms with van der Waals surface area (Å²) in [6, 6.07) is 1.71. The van der Waals surface area contributed by atoms with E-state index >= 15 is 0 Å². The fraction of sp³-hybridized carbons (Fsp3) is 0.500. The van der Waals surface area contributed by atoms with Crippen LogP contribution in [0.5, 0.6) is 0 Å². The first kappa shape index (κ1) is 11.6. The van der Waals surface area contributed by atoms with E-state index in [-0.39, 0.29) is 6.03 Å². The van der Waals surface area contributed by atoms with Crippen molar-refractivity contribution in [2.75, 3.05) is 26.8 Å². The smallest absolute Gasteiger partial charge is 0.314 e. The molecule has 1 aromatic rings. The molecule has 0 aromatic carbocycles. The van der Waals surface area contributed by atoms with Crippen molar-refractivity contribution in [2.45, 2.75) is 6.42 Å². The molecule has 1 rings (SSSR count). The molecule has 5 heteroatoms. The van der Waals surface area contributed by atoms with E-state index in [1.807, 2.05) is 6.07 Å². The number of amides is 2. The lowest BCUT2D eigenvalue weighted by atomic mass is 10.2. The van der Waals surface area contributed by atoms with Gasteiger partial charge in [-0.3, -0.25) is 0 Å². The Morgan fingerprint density at radius 1 is 1.47 bits per heavy atom. The maximum Gasteiger partial charge on any atom is 0.314 e. The SMILES string of the molecule is COCCNC(=O)NCCc1ccoc1. The molecule has 0 spiro atoms. The molecular formula is C10H16N2O3. The molecule has 5 nitrogen and oxygen atoms in total. The van der Waals surface area contributed by atoms with Crippen LogP contribution in [-0.2, 0) is 11.2 Å². The number of urea groups is 1. The van der Waals surface area contributed by atoms with Gasteiger partial charge in [0.2, 0.25) is 0 Å². The molecule has 15 heavy (non-hydrogen) atoms. The summed E-state index contributed by atoms with van der Waals surface area (Å²) in [7, 11) is 1.60. The summed E-state index contributed by atoms with van der Waals surface area (Å²) in [5.41, 5.74) is 1.08. The molecule has 1 aromatic heterocycles. The van der Waals surface area contributed by atoms with Gasteiger partial charge < -0.3 is 19.8 Å². The van der Waals surface area contributed by atoms with Crippen molar-refractivity contribution < 1.29 is 13.9 Å². The molecule has 84 valence electrons. The molecule has 0 fully saturated rings. The molecule has 0 atom stereocenters. The van der Waals surface area contributed by atoms with Gasteiger partial charge in [-0.2, -0.15) is 0 Å². The molecule has 0 bridgehead atoms. The highest BCUT2D eigenvalue weighted by Gasteiger charge is 1.99. The zero-order chi connectivity index (χ0) is 10.9. The Labute approximate surface area is 88.8 Å². The predicted octanol–water partition coefficient (Wildman–Crippen LogP) is 0.768. The fourth-order valence-corrected chi connectivity index (χ4v) is 1.08. The molecule has 0 radical (unpaired) electrons. The van der Waals surface area contributed by atoms with Crippen molar-refractivity contribution in [1.82, 2.24) is 10.6 Å². The van der Waals surface area contributed by atoms with Crippen LogP contribution in [0.3, 0.4) is 0 Å². The summed E-state index contributed by atoms with van der Waals surface area (Å²) < 4.78 is 9.71. The number of rotatable bonds is 6. The second-order valence-electron chi connectivity index (χ2n) is 3.06. The first-order chi connectivity index (χ1) is 7.33. The first-order valence-electron chi connectivity index (χ1n) is 4.84. The average Bonchev–Trinajstić information content (AvgIpc) is 2.71. The minimum Gasteiger partial charge on any atom is -0.472 e. The third-order valence-corrected chi connectivity index (χ3v) is 1.87. The number of nitrogens with one attached hydrogen (secondary N) is 2. The number of hydrogen-bond donors (Lipinski definition) is 2. The van der Waals surface area contributed by atoms with Gasteiger partial charge in [-0.25, -0.2) is 4.79 Å². The molecule has 0 aliphatic carbocycles. The minimum atomic E-state index is -0.171. The Hall–Kier alpha value is -1.49. The van der Waals surface area contributed by atoms with E-state index in [1.54, 1.807) is 19.6 Å². The summed E-state index contributed by atoms with van der Waals surface area (Å²) >= 11 is 0. The molecule has 0 saturated heterocycles. The molecule has 0 aliphatic heterocycles. The number of ether oxygens (including phenoxy) is 1. The molecule has 2 amide bonds. The maximum atomic E-state index is 11.1. The Balaban J connectivity index is 2.02. The third-order valence-electron chi connectivity index (χ3n) is 1.87. The van der Waals surface area contributed by atoms with E-state index in [0.717, 1.165) is 12.0 Å². The number of hydrogen-bond acceptors (Lipinski definition) is 3. The standard InChI is InChI=1S/C10H16N2O3/c1-14-7-5-12-10(13)11-4-2-9-3-6-15-8-9/h3,6,8H,2,4-5,7H2,1H3,(H2,11,12,13). The van der Waals surface area contributed by atoms with E-state index in [9.17, 15) is 4.79 Å². The Kier molecular flexibility index (Phi) is 5.32. The Morgan fingerprint density at radius 2 is 2.27 bits per heavy atom. The second-order valence-corrected chi connectivity index (χ2v) is 3.06. The van der Waals surface area contributed by atoms with Gasteiger partial charge in [0.25, 0.3) is 0 Å². The van der Waals surface area contributed by atoms with Crippen molar-refractivity contribution in [2.24, 2.45) is 0 Å². The summed E-state index contributed by atoms with van der Waals surface area (Å²) in [4.78, 5) is 11.1. The largest absolute Gasteiger partial charge is 0.472 e. The van der Waals surface area contributed by atoms with Crippen LogP contribution < -0.4 is 10.6 Å². The van der Waals surface area contributed by atoms with E-state index < -0.39 is 0 Å². The lowest BCUT2D eigenvalue weighted by Crippen LogP contribution is -2.38. The van der Waals surface area contributed by atoms with Crippen LogP contribution in [0.15, 0.2) is 23.0 Å². The lowest BCUT2D eigenvalue weighted by molar-refractivity contribution is 0.196. The van der Waals surface area contributed by atoms with Crippen LogP contribution in [0.4, 0.5) is 4.79 Å². The van der Waals surface area contributed by atoms with Gasteiger partial charge in [-0.05, 0) is 18.1 Å². The summed E-state index contributed by atoms with van der Waals surface area (Å²) in [6.07, 6.45) is 4.06. The zero-order valence-corrected chi connectivity index (χ0v) is 8.79. The topological polar surface area (TPSA) is 63.5 Å². The van der Waals surface area contributed by atoms with Crippen LogP contribution in [0, 0.1) is 0 Å². The van der Waals surface area contributed by atoms with Gasteiger partial charge in [-0.1, -0.05) is 0 Å². The minimum absolute atomic E-state index is 0.171. The Bertz CT molecular complexity index is 272. The fourth-order valence-electron chi connectivity index (χ4n) is 1.08. The quantitative estimate of drug-likeness (QED) is 0.684. The Morgan fingerprint density at radius 3 is 2.93 bits per heavy atom. The summed E-state index contributed by atoms with van der Waals surface area (Å²) in [5, 5.41) is 5.40. The molecule has 2 N–H and O–H groups in total. The lowest BCUT2D eigenvalue weighted by Gasteiger charge is -2.05. The van der Waals surface area contributed by atoms with Crippen molar-refractivity contribution in [1.29, 1.82) is 0 Å². The normalized spacial score (nSPS) is 9.93. The van der Waals surface area contributed by atoms with Gasteiger partial charge in [0.05, 0.1) is 19.1 Å². The average molecular weight is 212 g/mol. The molecule has 0 unspecified atom stereocenters. The van der Waals surface area contributed by atoms with E-state index in [2.05, 4.69) is 10.6 Å². The van der Waals surface area contributed by atoms with Crippen molar-refractivity contribution >= 4 is 6.03 Å². The van der Waals surface area contributed by atoms with Gasteiger partial charge in [0, 0.05) is 20.2 Å². The van der Waals surface area contributed by atoms with Crippen LogP contribution in [-0.4, -0.2) is 32.8 Å². The molecule has 1 heterocycles. The number of carbonyl (C=O) groups is 1. The highest BCUT2D eigenvalue weighted by Crippen LogP contribution is 1.99. The second kappa shape index (κ2) is 6.89. The summed E-state index contributed by atoms with van der Waals surface area (Å²) in [5.74, 6) is 0. The van der Waals surface area contributed by atoms with Crippen LogP contribution in [0.2, 0.25) is 0 Å². The zero-order valence-electron chi connectivity index (χ0n) is 8.79. The van der Waals surface area contributed by atoms with Gasteiger partial charge in [0.1, 0.15) is 0 Å². The van der Waals surface area contributed by atoms with Gasteiger partial charge in [-0.15, -0.1) is 0 Å². The van der Waals surface area contributed by atoms with Crippen LogP contribution in [0.1, 0.15) is 5.56 Å². The predicted molar refractivity (Wildman–Crippen MR) is 55.7 cm³/mol.